The quantitative estimate of drug-likeness (QED) is 0.0194. The van der Waals surface area contributed by atoms with Crippen LogP contribution < -0.4 is 87.6 Å². The van der Waals surface area contributed by atoms with Crippen molar-refractivity contribution in [3.63, 3.8) is 0 Å². The van der Waals surface area contributed by atoms with E-state index in [0.29, 0.717) is 141 Å². The molecule has 14 N–H and O–H groups in total. The standard InChI is InChI=1S/C27H32N6O7S.C24H28N4O4.C23H26N4O4/c1-5-39-21-10-17-20(11-22(21)40-6-2)29-13-18(24(28)34)23(17)31-19-9-7-8-16(15(19)3)12-30-41(37,38)14-27(4)25(35)32-26(36)33-27;1-5-31-21-10-17-20(11-22(21)32-6-2)27-13-18(24(25)30)23(17)28-19-9-7-8-16(14(19)3)12-26-15(4)29;1-5-15-14(11-25-13(2)28)7-6-8-18(15)27-22-16-9-20(30-3)21(31-4)10-19(16)26-12-17(22)23(24)29/h7-11,13,30H,5-6,12,14H2,1-4H3,(H2,28,34)(H,29,31)(H2,32,33,35,36);7-11,13H,5-6,12H2,1-4H3,(H2,25,30)(H,26,29)(H,27,28);6-10,12H,5,11H2,1-4H3,(H2,24,29)(H,25,28)(H,26,27). The fourth-order valence-corrected chi connectivity index (χ4v) is 12.9. The maximum absolute atomic E-state index is 12.8. The summed E-state index contributed by atoms with van der Waals surface area (Å²) in [4.78, 5) is 96.2. The summed E-state index contributed by atoms with van der Waals surface area (Å²) in [5.41, 5.74) is 26.8. The molecule has 1 atom stereocenters. The second-order valence-corrected chi connectivity index (χ2v) is 25.6. The van der Waals surface area contributed by atoms with E-state index in [0.717, 1.165) is 40.0 Å². The van der Waals surface area contributed by atoms with Gasteiger partial charge in [0.2, 0.25) is 21.8 Å². The summed E-state index contributed by atoms with van der Waals surface area (Å²) in [7, 11) is -0.879. The lowest BCUT2D eigenvalue weighted by molar-refractivity contribution is -0.123. The number of urea groups is 1. The zero-order chi connectivity index (χ0) is 75.7. The summed E-state index contributed by atoms with van der Waals surface area (Å²) < 4.78 is 61.8. The van der Waals surface area contributed by atoms with Gasteiger partial charge in [0.1, 0.15) is 5.54 Å². The van der Waals surface area contributed by atoms with Crippen LogP contribution in [0.3, 0.4) is 0 Å². The number of pyridine rings is 3. The number of nitrogens with zero attached hydrogens (tertiary/aromatic N) is 3. The van der Waals surface area contributed by atoms with Crippen LogP contribution >= 0.6 is 0 Å². The van der Waals surface area contributed by atoms with Crippen LogP contribution in [0.5, 0.6) is 34.5 Å². The maximum Gasteiger partial charge on any atom is 0.322 e. The summed E-state index contributed by atoms with van der Waals surface area (Å²) in [5.74, 6) is -0.253. The molecular formula is C74H86N14O15S. The highest BCUT2D eigenvalue weighted by Crippen LogP contribution is 2.42. The van der Waals surface area contributed by atoms with Gasteiger partial charge in [0.15, 0.2) is 34.5 Å². The van der Waals surface area contributed by atoms with Gasteiger partial charge in [-0.3, -0.25) is 49.0 Å². The monoisotopic (exact) mass is 1440 g/mol. The number of ether oxygens (including phenoxy) is 6. The third-order valence-corrected chi connectivity index (χ3v) is 18.2. The molecule has 9 aromatic rings. The second-order valence-electron chi connectivity index (χ2n) is 23.8. The minimum atomic E-state index is -3.97. The molecule has 29 nitrogen and oxygen atoms in total. The summed E-state index contributed by atoms with van der Waals surface area (Å²) in [6.07, 6.45) is 5.02. The molecule has 8 amide bonds. The average Bonchev–Trinajstić information content (AvgIpc) is 0.840. The molecule has 1 aliphatic heterocycles. The van der Waals surface area contributed by atoms with E-state index in [1.165, 1.54) is 39.4 Å². The van der Waals surface area contributed by atoms with Gasteiger partial charge in [-0.15, -0.1) is 0 Å². The first-order chi connectivity index (χ1) is 49.6. The van der Waals surface area contributed by atoms with Crippen LogP contribution in [0.1, 0.15) is 120 Å². The summed E-state index contributed by atoms with van der Waals surface area (Å²) in [5, 5.41) is 22.0. The number of primary amides is 3. The highest BCUT2D eigenvalue weighted by molar-refractivity contribution is 7.89. The van der Waals surface area contributed by atoms with E-state index in [4.69, 9.17) is 45.6 Å². The number of amides is 8. The molecule has 548 valence electrons. The number of sulfonamides is 1. The number of fused-ring (bicyclic) bond motifs is 3. The molecule has 10 rings (SSSR count). The van der Waals surface area contributed by atoms with Gasteiger partial charge < -0.3 is 77.5 Å². The van der Waals surface area contributed by atoms with Crippen molar-refractivity contribution in [2.45, 2.75) is 101 Å². The van der Waals surface area contributed by atoms with Crippen LogP contribution in [0.4, 0.5) is 38.9 Å². The molecule has 30 heteroatoms. The van der Waals surface area contributed by atoms with Crippen molar-refractivity contribution < 1.29 is 70.4 Å². The third kappa shape index (κ3) is 18.5. The molecule has 0 radical (unpaired) electrons. The van der Waals surface area contributed by atoms with Gasteiger partial charge in [-0.2, -0.15) is 0 Å². The Morgan fingerprint density at radius 1 is 0.510 bits per heavy atom. The van der Waals surface area contributed by atoms with Crippen molar-refractivity contribution in [2.24, 2.45) is 17.2 Å². The minimum Gasteiger partial charge on any atom is -0.493 e. The zero-order valence-corrected chi connectivity index (χ0v) is 60.7. The maximum atomic E-state index is 12.8. The number of nitrogens with two attached hydrogens (primary N) is 3. The lowest BCUT2D eigenvalue weighted by atomic mass is 10.0. The first kappa shape index (κ1) is 77.7. The van der Waals surface area contributed by atoms with Gasteiger partial charge in [-0.1, -0.05) is 43.3 Å². The normalized spacial score (nSPS) is 13.0. The van der Waals surface area contributed by atoms with Crippen molar-refractivity contribution in [1.82, 2.24) is 40.9 Å². The van der Waals surface area contributed by atoms with Crippen molar-refractivity contribution in [3.05, 3.63) is 160 Å². The predicted molar refractivity (Wildman–Crippen MR) is 397 cm³/mol. The summed E-state index contributed by atoms with van der Waals surface area (Å²) in [6.45, 7) is 20.1. The lowest BCUT2D eigenvalue weighted by Gasteiger charge is -2.21. The molecule has 0 bridgehead atoms. The Balaban J connectivity index is 0.000000200. The van der Waals surface area contributed by atoms with Crippen molar-refractivity contribution in [2.75, 3.05) is 62.4 Å². The number of carbonyl (C=O) groups is 7. The number of hydrogen-bond donors (Lipinski definition) is 11. The van der Waals surface area contributed by atoms with E-state index in [2.05, 4.69) is 51.6 Å². The molecule has 1 saturated heterocycles. The first-order valence-electron chi connectivity index (χ1n) is 33.2. The first-order valence-corrected chi connectivity index (χ1v) is 34.8. The average molecular weight is 1440 g/mol. The summed E-state index contributed by atoms with van der Waals surface area (Å²) >= 11 is 0. The Bertz CT molecular complexity index is 4900. The number of rotatable bonds is 29. The largest absolute Gasteiger partial charge is 0.493 e. The van der Waals surface area contributed by atoms with Gasteiger partial charge in [-0.25, -0.2) is 17.9 Å². The van der Waals surface area contributed by atoms with Crippen LogP contribution in [0, 0.1) is 13.8 Å². The zero-order valence-electron chi connectivity index (χ0n) is 59.9. The second kappa shape index (κ2) is 34.5. The number of aromatic nitrogens is 3. The van der Waals surface area contributed by atoms with E-state index in [-0.39, 0.29) is 35.0 Å². The Labute approximate surface area is 601 Å². The van der Waals surface area contributed by atoms with Crippen molar-refractivity contribution >= 4 is 118 Å². The molecule has 104 heavy (non-hydrogen) atoms. The number of benzene rings is 6. The fourth-order valence-electron chi connectivity index (χ4n) is 11.5. The van der Waals surface area contributed by atoms with Crippen LogP contribution in [0.15, 0.2) is 110 Å². The van der Waals surface area contributed by atoms with Crippen molar-refractivity contribution in [3.8, 4) is 34.5 Å². The minimum absolute atomic E-state index is 0.0820. The molecule has 1 aliphatic rings. The lowest BCUT2D eigenvalue weighted by Crippen LogP contribution is -2.51. The van der Waals surface area contributed by atoms with Crippen LogP contribution in [-0.4, -0.2) is 117 Å². The molecule has 0 saturated carbocycles. The van der Waals surface area contributed by atoms with Gasteiger partial charge in [-0.05, 0) is 125 Å². The Hall–Kier alpha value is -12.1. The topological polar surface area (TPSA) is 422 Å². The molecule has 3 aromatic heterocycles. The molecule has 0 spiro atoms. The van der Waals surface area contributed by atoms with Gasteiger partial charge in [0, 0.05) is 103 Å². The van der Waals surface area contributed by atoms with E-state index < -0.39 is 51.0 Å². The molecule has 1 unspecified atom stereocenters. The number of nitrogens with one attached hydrogen (secondary N) is 8. The Morgan fingerprint density at radius 2 is 0.865 bits per heavy atom. The van der Waals surface area contributed by atoms with Gasteiger partial charge in [0.25, 0.3) is 23.6 Å². The van der Waals surface area contributed by atoms with E-state index >= 15 is 0 Å². The smallest absolute Gasteiger partial charge is 0.322 e. The van der Waals surface area contributed by atoms with Crippen molar-refractivity contribution in [1.29, 1.82) is 0 Å². The molecular weight excluding hydrogens is 1360 g/mol. The predicted octanol–water partition coefficient (Wildman–Crippen LogP) is 9.31. The third-order valence-electron chi connectivity index (χ3n) is 16.7. The number of imide groups is 1. The Morgan fingerprint density at radius 3 is 1.24 bits per heavy atom. The molecule has 1 fully saturated rings. The van der Waals surface area contributed by atoms with Crippen LogP contribution in [0.25, 0.3) is 32.7 Å². The number of methoxy groups -OCH3 is 2. The van der Waals surface area contributed by atoms with E-state index in [1.54, 1.807) is 69.7 Å². The Kier molecular flexibility index (Phi) is 25.8. The molecule has 4 heterocycles. The SMILES string of the molecule is CCOc1cc2ncc(C(N)=O)c(Nc3cccc(CNC(C)=O)c3C)c2cc1OCC.CCOc1cc2ncc(C(N)=O)c(Nc3cccc(CNS(=O)(=O)CC4(C)NC(=O)NC4=O)c3C)c2cc1OCC.CCc1c(CNC(C)=O)cccc1Nc1c(C(N)=O)cnc2cc(OC)c(OC)cc12. The fraction of sp³-hybridized carbons (Fsp3) is 0.297. The highest BCUT2D eigenvalue weighted by Gasteiger charge is 2.45. The van der Waals surface area contributed by atoms with Gasteiger partial charge in [0.05, 0.1) is 96.7 Å². The molecule has 0 aliphatic carbocycles. The van der Waals surface area contributed by atoms with Crippen LogP contribution in [-0.2, 0) is 50.5 Å². The number of anilines is 6. The van der Waals surface area contributed by atoms with Crippen LogP contribution in [0.2, 0.25) is 0 Å². The number of carbonyl (C=O) groups excluding carboxylic acids is 7. The van der Waals surface area contributed by atoms with E-state index in [9.17, 15) is 42.0 Å². The summed E-state index contributed by atoms with van der Waals surface area (Å²) in [6, 6.07) is 26.6. The van der Waals surface area contributed by atoms with E-state index in [1.807, 2.05) is 89.3 Å². The molecule has 6 aromatic carbocycles. The number of hydrogen-bond acceptors (Lipinski definition) is 21. The highest BCUT2D eigenvalue weighted by atomic mass is 32.2. The van der Waals surface area contributed by atoms with Gasteiger partial charge >= 0.3 is 6.03 Å².